The standard InChI is InChI=1S/C21H22FN5O3S2/c22-17-8-4-5-9-19(17)32(29,30)26-12-10-25(11-13-26)20(28)15-31-21-24-18(14-27(21)23)16-6-2-1-3-7-16/h1-9,14H,10-13,15,23H2. The van der Waals surface area contributed by atoms with Crippen LogP contribution in [-0.4, -0.2) is 65.1 Å². The normalized spacial score (nSPS) is 15.1. The Balaban J connectivity index is 1.34. The van der Waals surface area contributed by atoms with Gasteiger partial charge in [0.25, 0.3) is 0 Å². The third-order valence-electron chi connectivity index (χ3n) is 5.14. The highest BCUT2D eigenvalue weighted by Crippen LogP contribution is 2.24. The summed E-state index contributed by atoms with van der Waals surface area (Å²) < 4.78 is 42.0. The minimum absolute atomic E-state index is 0.108. The summed E-state index contributed by atoms with van der Waals surface area (Å²) in [6.07, 6.45) is 1.70. The molecular weight excluding hydrogens is 453 g/mol. The lowest BCUT2D eigenvalue weighted by molar-refractivity contribution is -0.129. The number of piperazine rings is 1. The smallest absolute Gasteiger partial charge is 0.246 e. The SMILES string of the molecule is Nn1cc(-c2ccccc2)nc1SCC(=O)N1CCN(S(=O)(=O)c2ccccc2F)CC1. The van der Waals surface area contributed by atoms with Crippen LogP contribution in [0.25, 0.3) is 11.3 Å². The molecule has 0 aliphatic carbocycles. The maximum atomic E-state index is 14.0. The number of thioether (sulfide) groups is 1. The van der Waals surface area contributed by atoms with Gasteiger partial charge in [-0.3, -0.25) is 4.79 Å². The third kappa shape index (κ3) is 4.64. The minimum atomic E-state index is -3.94. The molecule has 0 bridgehead atoms. The molecule has 4 rings (SSSR count). The molecule has 3 aromatic rings. The van der Waals surface area contributed by atoms with Crippen LogP contribution in [0.3, 0.4) is 0 Å². The topological polar surface area (TPSA) is 102 Å². The average Bonchev–Trinajstić information content (AvgIpc) is 3.19. The lowest BCUT2D eigenvalue weighted by Crippen LogP contribution is -2.51. The Hall–Kier alpha value is -2.89. The predicted molar refractivity (Wildman–Crippen MR) is 120 cm³/mol. The maximum absolute atomic E-state index is 14.0. The molecule has 0 spiro atoms. The van der Waals surface area contributed by atoms with Gasteiger partial charge in [-0.15, -0.1) is 0 Å². The number of nitrogens with zero attached hydrogens (tertiary/aromatic N) is 4. The summed E-state index contributed by atoms with van der Waals surface area (Å²) >= 11 is 1.22. The number of nitrogen functional groups attached to an aromatic ring is 1. The zero-order chi connectivity index (χ0) is 22.7. The first-order chi connectivity index (χ1) is 15.4. The molecule has 2 N–H and O–H groups in total. The summed E-state index contributed by atoms with van der Waals surface area (Å²) in [6, 6.07) is 14.9. The molecule has 1 aliphatic rings. The molecule has 1 aliphatic heterocycles. The van der Waals surface area contributed by atoms with Gasteiger partial charge >= 0.3 is 0 Å². The second-order valence-electron chi connectivity index (χ2n) is 7.19. The van der Waals surface area contributed by atoms with E-state index in [0.29, 0.717) is 5.16 Å². The van der Waals surface area contributed by atoms with Gasteiger partial charge in [0.15, 0.2) is 5.16 Å². The molecule has 11 heteroatoms. The van der Waals surface area contributed by atoms with E-state index in [-0.39, 0.29) is 42.7 Å². The van der Waals surface area contributed by atoms with Crippen molar-refractivity contribution in [1.29, 1.82) is 0 Å². The predicted octanol–water partition coefficient (Wildman–Crippen LogP) is 2.03. The van der Waals surface area contributed by atoms with Crippen LogP contribution in [-0.2, 0) is 14.8 Å². The van der Waals surface area contributed by atoms with E-state index in [9.17, 15) is 17.6 Å². The number of imidazole rings is 1. The van der Waals surface area contributed by atoms with E-state index < -0.39 is 15.8 Å². The molecule has 0 radical (unpaired) electrons. The Morgan fingerprint density at radius 2 is 1.69 bits per heavy atom. The van der Waals surface area contributed by atoms with E-state index in [1.165, 1.54) is 38.9 Å². The first kappa shape index (κ1) is 22.3. The molecule has 32 heavy (non-hydrogen) atoms. The molecule has 1 fully saturated rings. The molecule has 0 saturated carbocycles. The van der Waals surface area contributed by atoms with Gasteiger partial charge in [0.2, 0.25) is 15.9 Å². The summed E-state index contributed by atoms with van der Waals surface area (Å²) in [7, 11) is -3.94. The Bertz CT molecular complexity index is 1210. The summed E-state index contributed by atoms with van der Waals surface area (Å²) in [4.78, 5) is 18.4. The number of hydrogen-bond acceptors (Lipinski definition) is 6. The number of sulfonamides is 1. The van der Waals surface area contributed by atoms with Crippen molar-refractivity contribution in [3.63, 3.8) is 0 Å². The number of nitrogens with two attached hydrogens (primary N) is 1. The first-order valence-corrected chi connectivity index (χ1v) is 12.3. The van der Waals surface area contributed by atoms with Crippen LogP contribution >= 0.6 is 11.8 Å². The van der Waals surface area contributed by atoms with E-state index in [2.05, 4.69) is 4.98 Å². The minimum Gasteiger partial charge on any atom is -0.339 e. The number of benzene rings is 2. The number of halogens is 1. The van der Waals surface area contributed by atoms with Crippen LogP contribution in [0.1, 0.15) is 0 Å². The van der Waals surface area contributed by atoms with Crippen molar-refractivity contribution in [1.82, 2.24) is 18.9 Å². The molecule has 0 atom stereocenters. The van der Waals surface area contributed by atoms with Gasteiger partial charge in [-0.05, 0) is 12.1 Å². The highest BCUT2D eigenvalue weighted by molar-refractivity contribution is 7.99. The van der Waals surface area contributed by atoms with E-state index in [1.807, 2.05) is 30.3 Å². The van der Waals surface area contributed by atoms with Gasteiger partial charge in [0.1, 0.15) is 10.7 Å². The molecule has 2 aromatic carbocycles. The van der Waals surface area contributed by atoms with E-state index >= 15 is 0 Å². The van der Waals surface area contributed by atoms with E-state index in [0.717, 1.165) is 17.3 Å². The van der Waals surface area contributed by atoms with Crippen LogP contribution < -0.4 is 5.84 Å². The van der Waals surface area contributed by atoms with Crippen molar-refractivity contribution < 1.29 is 17.6 Å². The molecule has 168 valence electrons. The van der Waals surface area contributed by atoms with Crippen molar-refractivity contribution in [2.45, 2.75) is 10.1 Å². The number of amides is 1. The summed E-state index contributed by atoms with van der Waals surface area (Å²) in [5, 5.41) is 0.512. The van der Waals surface area contributed by atoms with Crippen molar-refractivity contribution >= 4 is 27.7 Å². The quantitative estimate of drug-likeness (QED) is 0.432. The van der Waals surface area contributed by atoms with Gasteiger partial charge < -0.3 is 10.7 Å². The molecule has 1 amide bonds. The summed E-state index contributed by atoms with van der Waals surface area (Å²) in [5.41, 5.74) is 1.65. The van der Waals surface area contributed by atoms with E-state index in [1.54, 1.807) is 11.1 Å². The lowest BCUT2D eigenvalue weighted by Gasteiger charge is -2.34. The summed E-state index contributed by atoms with van der Waals surface area (Å²) in [5.74, 6) is 5.19. The fourth-order valence-corrected chi connectivity index (χ4v) is 5.71. The Morgan fingerprint density at radius 1 is 1.03 bits per heavy atom. The van der Waals surface area contributed by atoms with Crippen molar-refractivity contribution in [2.75, 3.05) is 37.8 Å². The highest BCUT2D eigenvalue weighted by Gasteiger charge is 2.31. The Morgan fingerprint density at radius 3 is 2.38 bits per heavy atom. The maximum Gasteiger partial charge on any atom is 0.246 e. The van der Waals surface area contributed by atoms with Crippen molar-refractivity contribution in [3.05, 3.63) is 66.6 Å². The largest absolute Gasteiger partial charge is 0.339 e. The van der Waals surface area contributed by atoms with E-state index in [4.69, 9.17) is 5.84 Å². The van der Waals surface area contributed by atoms with Crippen LogP contribution in [0.4, 0.5) is 4.39 Å². The molecule has 2 heterocycles. The fraction of sp³-hybridized carbons (Fsp3) is 0.238. The molecular formula is C21H22FN5O3S2. The van der Waals surface area contributed by atoms with Crippen LogP contribution in [0.2, 0.25) is 0 Å². The Labute approximate surface area is 189 Å². The first-order valence-electron chi connectivity index (χ1n) is 9.91. The summed E-state index contributed by atoms with van der Waals surface area (Å²) in [6.45, 7) is 0.687. The number of rotatable bonds is 6. The molecule has 1 aromatic heterocycles. The average molecular weight is 476 g/mol. The monoisotopic (exact) mass is 475 g/mol. The molecule has 8 nitrogen and oxygen atoms in total. The second-order valence-corrected chi connectivity index (χ2v) is 10.0. The van der Waals surface area contributed by atoms with Crippen LogP contribution in [0.15, 0.2) is 70.8 Å². The lowest BCUT2D eigenvalue weighted by atomic mass is 10.2. The third-order valence-corrected chi connectivity index (χ3v) is 8.02. The van der Waals surface area contributed by atoms with Gasteiger partial charge in [-0.2, -0.15) is 4.31 Å². The van der Waals surface area contributed by atoms with Crippen LogP contribution in [0, 0.1) is 5.82 Å². The Kier molecular flexibility index (Phi) is 6.49. The number of carbonyl (C=O) groups is 1. The van der Waals surface area contributed by atoms with Crippen LogP contribution in [0.5, 0.6) is 0 Å². The number of aromatic nitrogens is 2. The van der Waals surface area contributed by atoms with Crippen molar-refractivity contribution in [3.8, 4) is 11.3 Å². The molecule has 0 unspecified atom stereocenters. The number of hydrogen-bond donors (Lipinski definition) is 1. The number of carbonyl (C=O) groups excluding carboxylic acids is 1. The van der Waals surface area contributed by atoms with Gasteiger partial charge in [0, 0.05) is 31.7 Å². The zero-order valence-corrected chi connectivity index (χ0v) is 18.7. The molecule has 1 saturated heterocycles. The second kappa shape index (κ2) is 9.31. The van der Waals surface area contributed by atoms with Gasteiger partial charge in [-0.1, -0.05) is 54.2 Å². The van der Waals surface area contributed by atoms with Gasteiger partial charge in [0.05, 0.1) is 17.6 Å². The zero-order valence-electron chi connectivity index (χ0n) is 17.1. The highest BCUT2D eigenvalue weighted by atomic mass is 32.2. The fourth-order valence-electron chi connectivity index (χ4n) is 3.42. The van der Waals surface area contributed by atoms with Crippen molar-refractivity contribution in [2.24, 2.45) is 0 Å². The van der Waals surface area contributed by atoms with Gasteiger partial charge in [-0.25, -0.2) is 22.5 Å².